The molecule has 0 atom stereocenters. The molecule has 2 N–H and O–H groups in total. The molecule has 0 aromatic carbocycles. The van der Waals surface area contributed by atoms with Crippen LogP contribution in [0.3, 0.4) is 0 Å². The monoisotopic (exact) mass is 252 g/mol. The molecular formula is C12H20N4O2. The molecular weight excluding hydrogens is 232 g/mol. The Morgan fingerprint density at radius 3 is 3.00 bits per heavy atom. The van der Waals surface area contributed by atoms with E-state index in [2.05, 4.69) is 20.5 Å². The summed E-state index contributed by atoms with van der Waals surface area (Å²) in [5.41, 5.74) is 0.634. The van der Waals surface area contributed by atoms with Crippen molar-refractivity contribution in [2.45, 2.75) is 13.3 Å². The second-order valence-corrected chi connectivity index (χ2v) is 4.47. The number of nitrogens with one attached hydrogen (secondary N) is 2. The number of rotatable bonds is 5. The number of carbonyl (C=O) groups is 1. The first-order valence-electron chi connectivity index (χ1n) is 6.39. The molecule has 1 aromatic heterocycles. The Bertz CT molecular complexity index is 385. The highest BCUT2D eigenvalue weighted by Gasteiger charge is 2.13. The van der Waals surface area contributed by atoms with Gasteiger partial charge in [-0.3, -0.25) is 4.79 Å². The Hall–Kier alpha value is -1.40. The molecule has 2 heterocycles. The normalized spacial score (nSPS) is 16.7. The topological polar surface area (TPSA) is 70.4 Å². The summed E-state index contributed by atoms with van der Waals surface area (Å²) in [4.78, 5) is 18.0. The van der Waals surface area contributed by atoms with Gasteiger partial charge < -0.3 is 20.0 Å². The van der Waals surface area contributed by atoms with Crippen molar-refractivity contribution < 1.29 is 9.21 Å². The summed E-state index contributed by atoms with van der Waals surface area (Å²) in [6.45, 7) is 7.76. The predicted octanol–water partition coefficient (Wildman–Crippen LogP) is 0.00812. The summed E-state index contributed by atoms with van der Waals surface area (Å²) in [6.07, 6.45) is 2.25. The van der Waals surface area contributed by atoms with Gasteiger partial charge in [-0.25, -0.2) is 4.98 Å². The van der Waals surface area contributed by atoms with Crippen LogP contribution in [0.5, 0.6) is 0 Å². The number of oxazole rings is 1. The maximum absolute atomic E-state index is 11.7. The minimum Gasteiger partial charge on any atom is -0.438 e. The first-order chi connectivity index (χ1) is 8.77. The number of nitrogens with zero attached hydrogens (tertiary/aromatic N) is 2. The molecule has 1 aliphatic heterocycles. The van der Waals surface area contributed by atoms with Gasteiger partial charge in [0, 0.05) is 32.7 Å². The first-order valence-corrected chi connectivity index (χ1v) is 6.39. The van der Waals surface area contributed by atoms with Gasteiger partial charge in [0.15, 0.2) is 6.39 Å². The zero-order valence-electron chi connectivity index (χ0n) is 10.7. The summed E-state index contributed by atoms with van der Waals surface area (Å²) >= 11 is 0. The van der Waals surface area contributed by atoms with Crippen LogP contribution in [0, 0.1) is 6.92 Å². The van der Waals surface area contributed by atoms with E-state index in [0.717, 1.165) is 39.1 Å². The smallest absolute Gasteiger partial charge is 0.288 e. The molecule has 0 unspecified atom stereocenters. The van der Waals surface area contributed by atoms with E-state index in [-0.39, 0.29) is 5.91 Å². The van der Waals surface area contributed by atoms with E-state index in [1.807, 2.05) is 0 Å². The highest BCUT2D eigenvalue weighted by molar-refractivity contribution is 5.92. The number of hydrogen-bond donors (Lipinski definition) is 2. The number of aryl methyl sites for hydroxylation is 1. The van der Waals surface area contributed by atoms with Crippen molar-refractivity contribution in [3.05, 3.63) is 17.8 Å². The molecule has 1 fully saturated rings. The summed E-state index contributed by atoms with van der Waals surface area (Å²) in [5, 5.41) is 6.17. The zero-order chi connectivity index (χ0) is 12.8. The van der Waals surface area contributed by atoms with Gasteiger partial charge in [0.25, 0.3) is 5.91 Å². The Kier molecular flexibility index (Phi) is 4.72. The minimum atomic E-state index is -0.176. The maximum Gasteiger partial charge on any atom is 0.288 e. The molecule has 1 amide bonds. The van der Waals surface area contributed by atoms with Gasteiger partial charge in [-0.2, -0.15) is 0 Å². The van der Waals surface area contributed by atoms with Crippen molar-refractivity contribution in [3.63, 3.8) is 0 Å². The summed E-state index contributed by atoms with van der Waals surface area (Å²) in [5.74, 6) is 0.141. The first kappa shape index (κ1) is 13.0. The fourth-order valence-corrected chi connectivity index (χ4v) is 2.04. The molecule has 0 spiro atoms. The predicted molar refractivity (Wildman–Crippen MR) is 67.5 cm³/mol. The van der Waals surface area contributed by atoms with E-state index in [0.29, 0.717) is 18.0 Å². The Balaban J connectivity index is 1.63. The highest BCUT2D eigenvalue weighted by Crippen LogP contribution is 2.04. The summed E-state index contributed by atoms with van der Waals surface area (Å²) in [7, 11) is 0. The molecule has 1 aliphatic rings. The highest BCUT2D eigenvalue weighted by atomic mass is 16.3. The van der Waals surface area contributed by atoms with Gasteiger partial charge in [-0.05, 0) is 19.9 Å². The van der Waals surface area contributed by atoms with Crippen LogP contribution in [0.15, 0.2) is 10.8 Å². The lowest BCUT2D eigenvalue weighted by Crippen LogP contribution is -2.44. The molecule has 0 saturated carbocycles. The lowest BCUT2D eigenvalue weighted by atomic mass is 10.3. The second-order valence-electron chi connectivity index (χ2n) is 4.47. The number of piperazine rings is 1. The largest absolute Gasteiger partial charge is 0.438 e. The van der Waals surface area contributed by atoms with Gasteiger partial charge >= 0.3 is 0 Å². The van der Waals surface area contributed by atoms with Crippen molar-refractivity contribution in [2.75, 3.05) is 39.3 Å². The van der Waals surface area contributed by atoms with E-state index >= 15 is 0 Å². The van der Waals surface area contributed by atoms with Crippen LogP contribution in [0.2, 0.25) is 0 Å². The fourth-order valence-electron chi connectivity index (χ4n) is 2.04. The van der Waals surface area contributed by atoms with Crippen molar-refractivity contribution in [1.29, 1.82) is 0 Å². The van der Waals surface area contributed by atoms with Crippen molar-refractivity contribution in [3.8, 4) is 0 Å². The molecule has 0 radical (unpaired) electrons. The standard InChI is InChI=1S/C12H20N4O2/c1-10-11(18-9-15-10)12(17)14-3-2-6-16-7-4-13-5-8-16/h9,13H,2-8H2,1H3,(H,14,17). The molecule has 1 aromatic rings. The molecule has 18 heavy (non-hydrogen) atoms. The quantitative estimate of drug-likeness (QED) is 0.722. The van der Waals surface area contributed by atoms with Crippen molar-refractivity contribution in [1.82, 2.24) is 20.5 Å². The molecule has 1 saturated heterocycles. The third-order valence-electron chi connectivity index (χ3n) is 3.10. The lowest BCUT2D eigenvalue weighted by molar-refractivity contribution is 0.0922. The van der Waals surface area contributed by atoms with Crippen LogP contribution in [0.1, 0.15) is 22.7 Å². The van der Waals surface area contributed by atoms with Crippen LogP contribution in [-0.2, 0) is 0 Å². The number of hydrogen-bond acceptors (Lipinski definition) is 5. The molecule has 6 nitrogen and oxygen atoms in total. The van der Waals surface area contributed by atoms with E-state index in [1.165, 1.54) is 6.39 Å². The van der Waals surface area contributed by atoms with Crippen LogP contribution >= 0.6 is 0 Å². The van der Waals surface area contributed by atoms with Gasteiger partial charge in [0.05, 0.1) is 5.69 Å². The van der Waals surface area contributed by atoms with Crippen LogP contribution in [0.25, 0.3) is 0 Å². The van der Waals surface area contributed by atoms with Gasteiger partial charge in [-0.15, -0.1) is 0 Å². The van der Waals surface area contributed by atoms with Crippen LogP contribution < -0.4 is 10.6 Å². The summed E-state index contributed by atoms with van der Waals surface area (Å²) in [6, 6.07) is 0. The van der Waals surface area contributed by atoms with Crippen LogP contribution in [0.4, 0.5) is 0 Å². The average Bonchev–Trinajstić information content (AvgIpc) is 2.82. The Labute approximate surface area is 107 Å². The number of amides is 1. The molecule has 2 rings (SSSR count). The fraction of sp³-hybridized carbons (Fsp3) is 0.667. The number of aromatic nitrogens is 1. The van der Waals surface area contributed by atoms with Gasteiger partial charge in [-0.1, -0.05) is 0 Å². The van der Waals surface area contributed by atoms with Gasteiger partial charge in [0.1, 0.15) is 0 Å². The zero-order valence-corrected chi connectivity index (χ0v) is 10.7. The Morgan fingerprint density at radius 1 is 1.56 bits per heavy atom. The van der Waals surface area contributed by atoms with Crippen molar-refractivity contribution in [2.24, 2.45) is 0 Å². The van der Waals surface area contributed by atoms with Crippen molar-refractivity contribution >= 4 is 5.91 Å². The van der Waals surface area contributed by atoms with E-state index < -0.39 is 0 Å². The SMILES string of the molecule is Cc1ncoc1C(=O)NCCCN1CCNCC1. The molecule has 6 heteroatoms. The van der Waals surface area contributed by atoms with E-state index in [9.17, 15) is 4.79 Å². The molecule has 0 bridgehead atoms. The van der Waals surface area contributed by atoms with Gasteiger partial charge in [0.2, 0.25) is 5.76 Å². The minimum absolute atomic E-state index is 0.176. The maximum atomic E-state index is 11.7. The Morgan fingerprint density at radius 2 is 2.33 bits per heavy atom. The third-order valence-corrected chi connectivity index (χ3v) is 3.10. The number of carbonyl (C=O) groups excluding carboxylic acids is 1. The average molecular weight is 252 g/mol. The van der Waals surface area contributed by atoms with Crippen LogP contribution in [-0.4, -0.2) is 55.1 Å². The third kappa shape index (κ3) is 3.54. The summed E-state index contributed by atoms with van der Waals surface area (Å²) < 4.78 is 5.03. The van der Waals surface area contributed by atoms with E-state index in [4.69, 9.17) is 4.42 Å². The second kappa shape index (κ2) is 6.51. The lowest BCUT2D eigenvalue weighted by Gasteiger charge is -2.26. The van der Waals surface area contributed by atoms with E-state index in [1.54, 1.807) is 6.92 Å². The molecule has 100 valence electrons. The molecule has 0 aliphatic carbocycles.